The van der Waals surface area contributed by atoms with Crippen molar-refractivity contribution < 1.29 is 9.18 Å². The predicted octanol–water partition coefficient (Wildman–Crippen LogP) is 3.97. The normalized spacial score (nSPS) is 23.6. The lowest BCUT2D eigenvalue weighted by molar-refractivity contribution is -0.118. The third-order valence-corrected chi connectivity index (χ3v) is 4.47. The van der Waals surface area contributed by atoms with Crippen molar-refractivity contribution >= 4 is 23.2 Å². The Kier molecular flexibility index (Phi) is 5.59. The molecule has 3 nitrogen and oxygen atoms in total. The first-order chi connectivity index (χ1) is 9.97. The lowest BCUT2D eigenvalue weighted by Gasteiger charge is -2.31. The molecule has 0 unspecified atom stereocenters. The van der Waals surface area contributed by atoms with Gasteiger partial charge in [0, 0.05) is 6.04 Å². The minimum absolute atomic E-state index is 0.152. The van der Waals surface area contributed by atoms with Crippen molar-refractivity contribution in [2.45, 2.75) is 51.6 Å². The highest BCUT2D eigenvalue weighted by Gasteiger charge is 2.25. The van der Waals surface area contributed by atoms with E-state index in [9.17, 15) is 9.18 Å². The zero-order chi connectivity index (χ0) is 15.4. The highest BCUT2D eigenvalue weighted by atomic mass is 35.5. The molecular weight excluding hydrogens is 291 g/mol. The van der Waals surface area contributed by atoms with Gasteiger partial charge < -0.3 is 10.6 Å². The molecule has 0 radical (unpaired) electrons. The van der Waals surface area contributed by atoms with Gasteiger partial charge in [0.15, 0.2) is 0 Å². The summed E-state index contributed by atoms with van der Waals surface area (Å²) in [6.07, 6.45) is 4.79. The van der Waals surface area contributed by atoms with E-state index < -0.39 is 5.82 Å². The van der Waals surface area contributed by atoms with Crippen LogP contribution in [0.2, 0.25) is 5.02 Å². The van der Waals surface area contributed by atoms with Crippen LogP contribution in [0.4, 0.5) is 10.1 Å². The Hall–Kier alpha value is -1.13. The zero-order valence-corrected chi connectivity index (χ0v) is 13.2. The summed E-state index contributed by atoms with van der Waals surface area (Å²) >= 11 is 5.92. The number of hydrogen-bond donors (Lipinski definition) is 2. The van der Waals surface area contributed by atoms with Crippen molar-refractivity contribution in [1.82, 2.24) is 5.32 Å². The number of hydrogen-bond acceptors (Lipinski definition) is 2. The Morgan fingerprint density at radius 2 is 2.10 bits per heavy atom. The number of nitrogens with one attached hydrogen (secondary N) is 2. The number of amides is 1. The standard InChI is InChI=1S/C16H22ClFN2O/c1-10-5-3-4-6-14(10)19-11(2)16(21)20-15-8-7-12(18)9-13(15)17/h7-11,14,19H,3-6H2,1-2H3,(H,20,21)/t10-,11+,14-/m1/s1. The number of carbonyl (C=O) groups excluding carboxylic acids is 1. The van der Waals surface area contributed by atoms with Crippen LogP contribution in [0.3, 0.4) is 0 Å². The van der Waals surface area contributed by atoms with Gasteiger partial charge in [0.1, 0.15) is 5.82 Å². The van der Waals surface area contributed by atoms with Crippen LogP contribution in [-0.4, -0.2) is 18.0 Å². The van der Waals surface area contributed by atoms with Crippen molar-refractivity contribution in [3.05, 3.63) is 29.0 Å². The van der Waals surface area contributed by atoms with Crippen LogP contribution in [0, 0.1) is 11.7 Å². The Labute approximate surface area is 130 Å². The van der Waals surface area contributed by atoms with E-state index in [1.807, 2.05) is 6.92 Å². The second kappa shape index (κ2) is 7.23. The van der Waals surface area contributed by atoms with Gasteiger partial charge in [0.05, 0.1) is 16.8 Å². The zero-order valence-electron chi connectivity index (χ0n) is 12.5. The SMILES string of the molecule is C[C@H](N[C@@H]1CCCC[C@H]1C)C(=O)Nc1ccc(F)cc1Cl. The van der Waals surface area contributed by atoms with Gasteiger partial charge in [-0.25, -0.2) is 4.39 Å². The summed E-state index contributed by atoms with van der Waals surface area (Å²) in [5.74, 6) is 0.0184. The molecule has 1 aromatic carbocycles. The molecule has 2 N–H and O–H groups in total. The van der Waals surface area contributed by atoms with E-state index in [-0.39, 0.29) is 17.0 Å². The minimum atomic E-state index is -0.416. The predicted molar refractivity (Wildman–Crippen MR) is 84.1 cm³/mol. The summed E-state index contributed by atoms with van der Waals surface area (Å²) in [4.78, 5) is 12.2. The highest BCUT2D eigenvalue weighted by Crippen LogP contribution is 2.25. The maximum atomic E-state index is 13.0. The third kappa shape index (κ3) is 4.42. The molecule has 1 aromatic rings. The summed E-state index contributed by atoms with van der Waals surface area (Å²) in [6, 6.07) is 4.02. The Bertz CT molecular complexity index is 509. The number of halogens is 2. The van der Waals surface area contributed by atoms with Crippen molar-refractivity contribution in [3.63, 3.8) is 0 Å². The molecule has 1 aliphatic carbocycles. The number of rotatable bonds is 4. The summed E-state index contributed by atoms with van der Waals surface area (Å²) in [6.45, 7) is 4.06. The molecule has 0 spiro atoms. The van der Waals surface area contributed by atoms with Crippen LogP contribution in [0.15, 0.2) is 18.2 Å². The van der Waals surface area contributed by atoms with Crippen LogP contribution in [-0.2, 0) is 4.79 Å². The van der Waals surface area contributed by atoms with E-state index in [4.69, 9.17) is 11.6 Å². The van der Waals surface area contributed by atoms with Gasteiger partial charge in [-0.05, 0) is 43.9 Å². The lowest BCUT2D eigenvalue weighted by Crippen LogP contribution is -2.47. The molecular formula is C16H22ClFN2O. The average Bonchev–Trinajstić information content (AvgIpc) is 2.44. The lowest BCUT2D eigenvalue weighted by atomic mass is 9.85. The number of benzene rings is 1. The molecule has 0 bridgehead atoms. The molecule has 1 fully saturated rings. The second-order valence-electron chi connectivity index (χ2n) is 5.87. The summed E-state index contributed by atoms with van der Waals surface area (Å²) < 4.78 is 13.0. The van der Waals surface area contributed by atoms with E-state index in [1.165, 1.54) is 37.5 Å². The molecule has 3 atom stereocenters. The van der Waals surface area contributed by atoms with E-state index >= 15 is 0 Å². The first-order valence-electron chi connectivity index (χ1n) is 7.49. The highest BCUT2D eigenvalue weighted by molar-refractivity contribution is 6.33. The maximum Gasteiger partial charge on any atom is 0.241 e. The number of anilines is 1. The van der Waals surface area contributed by atoms with Crippen LogP contribution in [0.25, 0.3) is 0 Å². The topological polar surface area (TPSA) is 41.1 Å². The fourth-order valence-corrected chi connectivity index (χ4v) is 3.01. The summed E-state index contributed by atoms with van der Waals surface area (Å²) in [5.41, 5.74) is 0.438. The molecule has 2 rings (SSSR count). The van der Waals surface area contributed by atoms with Gasteiger partial charge in [-0.3, -0.25) is 4.79 Å². The molecule has 0 heterocycles. The van der Waals surface area contributed by atoms with E-state index in [0.717, 1.165) is 6.42 Å². The van der Waals surface area contributed by atoms with Crippen LogP contribution in [0.1, 0.15) is 39.5 Å². The second-order valence-corrected chi connectivity index (χ2v) is 6.28. The van der Waals surface area contributed by atoms with Gasteiger partial charge in [-0.15, -0.1) is 0 Å². The largest absolute Gasteiger partial charge is 0.323 e. The molecule has 0 aromatic heterocycles. The Morgan fingerprint density at radius 3 is 2.76 bits per heavy atom. The van der Waals surface area contributed by atoms with Gasteiger partial charge in [0.25, 0.3) is 0 Å². The average molecular weight is 313 g/mol. The first-order valence-corrected chi connectivity index (χ1v) is 7.87. The molecule has 1 aliphatic rings. The molecule has 1 amide bonds. The van der Waals surface area contributed by atoms with Crippen molar-refractivity contribution in [2.75, 3.05) is 5.32 Å². The fraction of sp³-hybridized carbons (Fsp3) is 0.562. The maximum absolute atomic E-state index is 13.0. The van der Waals surface area contributed by atoms with Crippen LogP contribution < -0.4 is 10.6 Å². The Morgan fingerprint density at radius 1 is 1.38 bits per heavy atom. The van der Waals surface area contributed by atoms with E-state index in [2.05, 4.69) is 17.6 Å². The fourth-order valence-electron chi connectivity index (χ4n) is 2.79. The molecule has 0 aliphatic heterocycles. The monoisotopic (exact) mass is 312 g/mol. The quantitative estimate of drug-likeness (QED) is 0.883. The third-order valence-electron chi connectivity index (χ3n) is 4.16. The van der Waals surface area contributed by atoms with Crippen LogP contribution in [0.5, 0.6) is 0 Å². The summed E-state index contributed by atoms with van der Waals surface area (Å²) in [5, 5.41) is 6.34. The van der Waals surface area contributed by atoms with E-state index in [1.54, 1.807) is 0 Å². The van der Waals surface area contributed by atoms with Crippen molar-refractivity contribution in [3.8, 4) is 0 Å². The van der Waals surface area contributed by atoms with Gasteiger partial charge >= 0.3 is 0 Å². The summed E-state index contributed by atoms with van der Waals surface area (Å²) in [7, 11) is 0. The van der Waals surface area contributed by atoms with Gasteiger partial charge in [-0.1, -0.05) is 31.4 Å². The van der Waals surface area contributed by atoms with Crippen molar-refractivity contribution in [1.29, 1.82) is 0 Å². The van der Waals surface area contributed by atoms with Gasteiger partial charge in [-0.2, -0.15) is 0 Å². The van der Waals surface area contributed by atoms with Crippen LogP contribution >= 0.6 is 11.6 Å². The minimum Gasteiger partial charge on any atom is -0.323 e. The molecule has 21 heavy (non-hydrogen) atoms. The number of carbonyl (C=O) groups is 1. The van der Waals surface area contributed by atoms with E-state index in [0.29, 0.717) is 17.6 Å². The van der Waals surface area contributed by atoms with Crippen molar-refractivity contribution in [2.24, 2.45) is 5.92 Å². The smallest absolute Gasteiger partial charge is 0.241 e. The Balaban J connectivity index is 1.92. The molecule has 116 valence electrons. The molecule has 5 heteroatoms. The molecule has 1 saturated carbocycles. The van der Waals surface area contributed by atoms with Gasteiger partial charge in [0.2, 0.25) is 5.91 Å². The first kappa shape index (κ1) is 16.2. The molecule has 0 saturated heterocycles.